The van der Waals surface area contributed by atoms with Crippen LogP contribution in [0.2, 0.25) is 0 Å². The van der Waals surface area contributed by atoms with Crippen LogP contribution in [0.25, 0.3) is 0 Å². The van der Waals surface area contributed by atoms with E-state index in [9.17, 15) is 9.59 Å². The summed E-state index contributed by atoms with van der Waals surface area (Å²) in [6, 6.07) is 4.09. The minimum absolute atomic E-state index is 0.222. The molecule has 0 radical (unpaired) electrons. The lowest BCUT2D eigenvalue weighted by molar-refractivity contribution is 0.0913. The van der Waals surface area contributed by atoms with Gasteiger partial charge >= 0.3 is 0 Å². The van der Waals surface area contributed by atoms with E-state index in [4.69, 9.17) is 0 Å². The van der Waals surface area contributed by atoms with E-state index < -0.39 is 0 Å². The zero-order valence-corrected chi connectivity index (χ0v) is 17.7. The van der Waals surface area contributed by atoms with Gasteiger partial charge in [0.15, 0.2) is 5.82 Å². The number of aromatic nitrogens is 2. The number of rotatable bonds is 3. The number of nitrogens with zero attached hydrogens (tertiary/aromatic N) is 2. The maximum Gasteiger partial charge on any atom is 0.291 e. The van der Waals surface area contributed by atoms with E-state index in [0.717, 1.165) is 47.3 Å². The summed E-state index contributed by atoms with van der Waals surface area (Å²) in [7, 11) is 0. The zero-order chi connectivity index (χ0) is 20.6. The molecule has 1 aliphatic rings. The van der Waals surface area contributed by atoms with Crippen molar-refractivity contribution in [3.63, 3.8) is 0 Å². The second kappa shape index (κ2) is 7.41. The van der Waals surface area contributed by atoms with Crippen LogP contribution in [0.5, 0.6) is 0 Å². The molecule has 2 amide bonds. The molecular formula is C22H30N4O2. The van der Waals surface area contributed by atoms with E-state index in [-0.39, 0.29) is 17.4 Å². The van der Waals surface area contributed by atoms with Crippen LogP contribution in [0.4, 0.5) is 5.69 Å². The molecule has 2 aromatic rings. The minimum atomic E-state index is -0.360. The van der Waals surface area contributed by atoms with Crippen molar-refractivity contribution in [2.24, 2.45) is 0 Å². The van der Waals surface area contributed by atoms with E-state index in [1.165, 1.54) is 0 Å². The highest BCUT2D eigenvalue weighted by atomic mass is 16.2. The second-order valence-electron chi connectivity index (χ2n) is 8.77. The van der Waals surface area contributed by atoms with Gasteiger partial charge in [-0.1, -0.05) is 17.7 Å². The van der Waals surface area contributed by atoms with Crippen molar-refractivity contribution in [2.75, 3.05) is 5.32 Å². The third kappa shape index (κ3) is 4.11. The highest BCUT2D eigenvalue weighted by molar-refractivity contribution is 6.04. The summed E-state index contributed by atoms with van der Waals surface area (Å²) in [5, 5.41) is 5.98. The van der Waals surface area contributed by atoms with Gasteiger partial charge in [0.25, 0.3) is 11.8 Å². The van der Waals surface area contributed by atoms with Gasteiger partial charge < -0.3 is 15.2 Å². The Bertz CT molecular complexity index is 912. The Morgan fingerprint density at radius 3 is 2.29 bits per heavy atom. The van der Waals surface area contributed by atoms with Gasteiger partial charge in [-0.25, -0.2) is 4.98 Å². The van der Waals surface area contributed by atoms with Crippen molar-refractivity contribution in [1.82, 2.24) is 14.9 Å². The van der Waals surface area contributed by atoms with Crippen molar-refractivity contribution in [1.29, 1.82) is 0 Å². The number of fused-ring (bicyclic) bond motifs is 1. The number of hydrogen-bond donors (Lipinski definition) is 2. The lowest BCUT2D eigenvalue weighted by Crippen LogP contribution is -2.41. The Kier molecular flexibility index (Phi) is 5.33. The molecule has 150 valence electrons. The Morgan fingerprint density at radius 1 is 1.04 bits per heavy atom. The first-order chi connectivity index (χ1) is 13.1. The molecule has 0 spiro atoms. The number of carbonyl (C=O) groups is 2. The average Bonchev–Trinajstić information content (AvgIpc) is 2.96. The van der Waals surface area contributed by atoms with E-state index in [1.807, 2.05) is 58.2 Å². The summed E-state index contributed by atoms with van der Waals surface area (Å²) in [6.45, 7) is 12.5. The molecular weight excluding hydrogens is 352 g/mol. The summed E-state index contributed by atoms with van der Waals surface area (Å²) < 4.78 is 1.91. The molecule has 28 heavy (non-hydrogen) atoms. The summed E-state index contributed by atoms with van der Waals surface area (Å²) >= 11 is 0. The maximum atomic E-state index is 13.1. The molecule has 6 nitrogen and oxygen atoms in total. The smallest absolute Gasteiger partial charge is 0.291 e. The Morgan fingerprint density at radius 2 is 1.68 bits per heavy atom. The largest absolute Gasteiger partial charge is 0.346 e. The molecule has 0 atom stereocenters. The van der Waals surface area contributed by atoms with Gasteiger partial charge in [-0.15, -0.1) is 0 Å². The van der Waals surface area contributed by atoms with Crippen LogP contribution in [0.3, 0.4) is 0 Å². The van der Waals surface area contributed by atoms with Gasteiger partial charge in [0.2, 0.25) is 0 Å². The minimum Gasteiger partial charge on any atom is -0.346 e. The van der Waals surface area contributed by atoms with Crippen molar-refractivity contribution in [2.45, 2.75) is 72.9 Å². The van der Waals surface area contributed by atoms with Gasteiger partial charge in [0, 0.05) is 17.8 Å². The highest BCUT2D eigenvalue weighted by Crippen LogP contribution is 2.25. The third-order valence-electron chi connectivity index (χ3n) is 4.94. The van der Waals surface area contributed by atoms with Crippen molar-refractivity contribution in [3.8, 4) is 0 Å². The van der Waals surface area contributed by atoms with Gasteiger partial charge in [-0.2, -0.15) is 0 Å². The van der Waals surface area contributed by atoms with E-state index in [0.29, 0.717) is 18.1 Å². The highest BCUT2D eigenvalue weighted by Gasteiger charge is 2.29. The fraction of sp³-hybridized carbons (Fsp3) is 0.500. The zero-order valence-electron chi connectivity index (χ0n) is 17.7. The number of anilines is 1. The quantitative estimate of drug-likeness (QED) is 0.845. The molecule has 3 rings (SSSR count). The average molecular weight is 383 g/mol. The first-order valence-electron chi connectivity index (χ1n) is 9.88. The number of nitrogens with one attached hydrogen (secondary N) is 2. The molecule has 0 unspecified atom stereocenters. The predicted molar refractivity (Wildman–Crippen MR) is 111 cm³/mol. The normalized spacial score (nSPS) is 13.8. The Hall–Kier alpha value is -2.63. The van der Waals surface area contributed by atoms with Gasteiger partial charge in [0.1, 0.15) is 5.69 Å². The summed E-state index contributed by atoms with van der Waals surface area (Å²) in [4.78, 5) is 30.3. The van der Waals surface area contributed by atoms with Crippen LogP contribution < -0.4 is 10.6 Å². The third-order valence-corrected chi connectivity index (χ3v) is 4.94. The van der Waals surface area contributed by atoms with Gasteiger partial charge in [-0.3, -0.25) is 9.59 Å². The molecule has 0 fully saturated rings. The van der Waals surface area contributed by atoms with E-state index in [2.05, 4.69) is 15.6 Å². The molecule has 1 aromatic heterocycles. The van der Waals surface area contributed by atoms with Crippen LogP contribution in [0.15, 0.2) is 12.1 Å². The van der Waals surface area contributed by atoms with Crippen molar-refractivity contribution < 1.29 is 9.59 Å². The number of aryl methyl sites for hydroxylation is 3. The number of imidazole rings is 1. The standard InChI is InChI=1S/C22H30N4O2/c1-13-11-14(2)17(15(3)12-13)24-21(28)19-23-18(20(27)25-22(4,5)6)16-9-7-8-10-26(16)19/h11-12H,7-10H2,1-6H3,(H,24,28)(H,25,27). The number of benzene rings is 1. The lowest BCUT2D eigenvalue weighted by Gasteiger charge is -2.21. The Balaban J connectivity index is 1.96. The number of amides is 2. The van der Waals surface area contributed by atoms with Crippen LogP contribution in [-0.2, 0) is 13.0 Å². The van der Waals surface area contributed by atoms with E-state index in [1.54, 1.807) is 0 Å². The number of hydrogen-bond acceptors (Lipinski definition) is 3. The molecule has 0 bridgehead atoms. The van der Waals surface area contributed by atoms with Gasteiger partial charge in [0.05, 0.1) is 5.69 Å². The van der Waals surface area contributed by atoms with Gasteiger partial charge in [-0.05, 0) is 71.9 Å². The summed E-state index contributed by atoms with van der Waals surface area (Å²) in [5.74, 6) is -0.180. The van der Waals surface area contributed by atoms with Crippen LogP contribution in [0.1, 0.15) is 77.1 Å². The van der Waals surface area contributed by atoms with Crippen LogP contribution in [-0.4, -0.2) is 26.9 Å². The van der Waals surface area contributed by atoms with Crippen LogP contribution >= 0.6 is 0 Å². The molecule has 0 aliphatic carbocycles. The summed E-state index contributed by atoms with van der Waals surface area (Å²) in [5.41, 5.74) is 4.87. The fourth-order valence-corrected chi connectivity index (χ4v) is 3.84. The number of carbonyl (C=O) groups excluding carboxylic acids is 2. The molecule has 1 aliphatic heterocycles. The van der Waals surface area contributed by atoms with Crippen LogP contribution in [0, 0.1) is 20.8 Å². The molecule has 0 saturated heterocycles. The predicted octanol–water partition coefficient (Wildman–Crippen LogP) is 3.93. The molecule has 2 heterocycles. The molecule has 1 aromatic carbocycles. The van der Waals surface area contributed by atoms with Crippen molar-refractivity contribution >= 4 is 17.5 Å². The molecule has 6 heteroatoms. The lowest BCUT2D eigenvalue weighted by atomic mass is 10.1. The molecule has 2 N–H and O–H groups in total. The maximum absolute atomic E-state index is 13.1. The van der Waals surface area contributed by atoms with E-state index >= 15 is 0 Å². The van der Waals surface area contributed by atoms with Crippen molar-refractivity contribution in [3.05, 3.63) is 46.0 Å². The fourth-order valence-electron chi connectivity index (χ4n) is 3.84. The second-order valence-corrected chi connectivity index (χ2v) is 8.77. The molecule has 0 saturated carbocycles. The first-order valence-corrected chi connectivity index (χ1v) is 9.88. The topological polar surface area (TPSA) is 76.0 Å². The monoisotopic (exact) mass is 382 g/mol. The Labute approximate surface area is 166 Å². The first kappa shape index (κ1) is 20.1. The SMILES string of the molecule is Cc1cc(C)c(NC(=O)c2nc(C(=O)NC(C)(C)C)c3n2CCCC3)c(C)c1. The summed E-state index contributed by atoms with van der Waals surface area (Å²) in [6.07, 6.45) is 2.74.